The molecule has 0 heterocycles. The third-order valence-electron chi connectivity index (χ3n) is 3.63. The molecule has 4 heteroatoms. The molecular weight excluding hydrogens is 266 g/mol. The fourth-order valence-corrected chi connectivity index (χ4v) is 2.51. The van der Waals surface area contributed by atoms with Crippen molar-refractivity contribution in [3.8, 4) is 11.5 Å². The van der Waals surface area contributed by atoms with Gasteiger partial charge in [-0.05, 0) is 37.0 Å². The minimum Gasteiger partial charge on any atom is -0.504 e. The Morgan fingerprint density at radius 2 is 1.90 bits per heavy atom. The summed E-state index contributed by atoms with van der Waals surface area (Å²) < 4.78 is 5.02. The van der Waals surface area contributed by atoms with Gasteiger partial charge in [-0.2, -0.15) is 0 Å². The third-order valence-corrected chi connectivity index (χ3v) is 3.63. The van der Waals surface area contributed by atoms with E-state index in [0.717, 1.165) is 19.4 Å². The summed E-state index contributed by atoms with van der Waals surface area (Å²) in [6.45, 7) is 9.13. The van der Waals surface area contributed by atoms with Crippen molar-refractivity contribution >= 4 is 5.91 Å². The molecule has 21 heavy (non-hydrogen) atoms. The number of hydrogen-bond donors (Lipinski definition) is 1. The van der Waals surface area contributed by atoms with E-state index in [2.05, 4.69) is 27.7 Å². The van der Waals surface area contributed by atoms with Crippen LogP contribution in [0.25, 0.3) is 0 Å². The van der Waals surface area contributed by atoms with Gasteiger partial charge in [-0.3, -0.25) is 4.79 Å². The highest BCUT2D eigenvalue weighted by molar-refractivity contribution is 5.95. The normalized spacial score (nSPS) is 11.0. The van der Waals surface area contributed by atoms with Gasteiger partial charge in [0.15, 0.2) is 11.5 Å². The number of hydrogen-bond acceptors (Lipinski definition) is 3. The number of carbonyl (C=O) groups excluding carboxylic acids is 1. The maximum Gasteiger partial charge on any atom is 0.254 e. The summed E-state index contributed by atoms with van der Waals surface area (Å²) in [5.41, 5.74) is 0.501. The van der Waals surface area contributed by atoms with Crippen molar-refractivity contribution in [1.82, 2.24) is 4.90 Å². The zero-order valence-corrected chi connectivity index (χ0v) is 13.7. The molecule has 0 saturated heterocycles. The maximum absolute atomic E-state index is 12.8. The largest absolute Gasteiger partial charge is 0.504 e. The van der Waals surface area contributed by atoms with Crippen molar-refractivity contribution in [3.05, 3.63) is 23.8 Å². The summed E-state index contributed by atoms with van der Waals surface area (Å²) in [6.07, 6.45) is 1.86. The van der Waals surface area contributed by atoms with Crippen LogP contribution in [0, 0.1) is 5.92 Å². The van der Waals surface area contributed by atoms with Gasteiger partial charge in [0.05, 0.1) is 7.11 Å². The minimum absolute atomic E-state index is 0.00241. The van der Waals surface area contributed by atoms with Crippen molar-refractivity contribution in [2.24, 2.45) is 5.92 Å². The maximum atomic E-state index is 12.8. The Morgan fingerprint density at radius 1 is 1.29 bits per heavy atom. The second-order valence-corrected chi connectivity index (χ2v) is 5.71. The van der Waals surface area contributed by atoms with Gasteiger partial charge in [-0.1, -0.05) is 27.7 Å². The number of phenolic OH excluding ortho intramolecular Hbond substituents is 1. The summed E-state index contributed by atoms with van der Waals surface area (Å²) in [5, 5.41) is 9.86. The number of nitrogens with zero attached hydrogens (tertiary/aromatic N) is 1. The van der Waals surface area contributed by atoms with Gasteiger partial charge in [-0.15, -0.1) is 0 Å². The van der Waals surface area contributed by atoms with Gasteiger partial charge < -0.3 is 14.7 Å². The van der Waals surface area contributed by atoms with Crippen LogP contribution in [0.15, 0.2) is 18.2 Å². The molecule has 1 N–H and O–H groups in total. The zero-order chi connectivity index (χ0) is 16.0. The summed E-state index contributed by atoms with van der Waals surface area (Å²) >= 11 is 0. The summed E-state index contributed by atoms with van der Waals surface area (Å²) in [4.78, 5) is 14.7. The molecule has 0 atom stereocenters. The Kier molecular flexibility index (Phi) is 6.53. The molecule has 0 aliphatic heterocycles. The molecule has 0 radical (unpaired) electrons. The second-order valence-electron chi connectivity index (χ2n) is 5.71. The van der Waals surface area contributed by atoms with Crippen LogP contribution < -0.4 is 4.74 Å². The third kappa shape index (κ3) is 4.38. The molecule has 0 aliphatic carbocycles. The van der Waals surface area contributed by atoms with Crippen LogP contribution in [-0.4, -0.2) is 35.6 Å². The molecule has 0 saturated carbocycles. The predicted octanol–water partition coefficient (Wildman–Crippen LogP) is 3.69. The number of phenols is 1. The summed E-state index contributed by atoms with van der Waals surface area (Å²) in [6, 6.07) is 5.04. The molecule has 0 fully saturated rings. The number of benzene rings is 1. The van der Waals surface area contributed by atoms with E-state index < -0.39 is 0 Å². The van der Waals surface area contributed by atoms with Crippen LogP contribution in [0.3, 0.4) is 0 Å². The number of ether oxygens (including phenoxy) is 1. The van der Waals surface area contributed by atoms with Crippen LogP contribution in [0.2, 0.25) is 0 Å². The number of carbonyl (C=O) groups is 1. The lowest BCUT2D eigenvalue weighted by atomic mass is 10.0. The Hall–Kier alpha value is -1.71. The van der Waals surface area contributed by atoms with Crippen LogP contribution in [0.4, 0.5) is 0 Å². The van der Waals surface area contributed by atoms with Gasteiger partial charge in [0.2, 0.25) is 0 Å². The molecule has 0 aromatic heterocycles. The first-order valence-electron chi connectivity index (χ1n) is 7.62. The zero-order valence-electron chi connectivity index (χ0n) is 13.7. The van der Waals surface area contributed by atoms with Gasteiger partial charge in [0, 0.05) is 18.2 Å². The number of aromatic hydroxyl groups is 1. The van der Waals surface area contributed by atoms with E-state index in [-0.39, 0.29) is 17.7 Å². The van der Waals surface area contributed by atoms with E-state index >= 15 is 0 Å². The Morgan fingerprint density at radius 3 is 2.33 bits per heavy atom. The van der Waals surface area contributed by atoms with Crippen LogP contribution in [0.1, 0.15) is 50.9 Å². The topological polar surface area (TPSA) is 49.8 Å². The lowest BCUT2D eigenvalue weighted by Crippen LogP contribution is -2.42. The van der Waals surface area contributed by atoms with Crippen molar-refractivity contribution in [2.45, 2.75) is 46.6 Å². The van der Waals surface area contributed by atoms with Gasteiger partial charge in [0.1, 0.15) is 0 Å². The number of rotatable bonds is 7. The molecule has 118 valence electrons. The SMILES string of the molecule is CCC(CC)N(CC(C)C)C(=O)c1ccc(OC)c(O)c1. The summed E-state index contributed by atoms with van der Waals surface area (Å²) in [7, 11) is 1.49. The number of amides is 1. The average Bonchev–Trinajstić information content (AvgIpc) is 2.46. The molecule has 0 unspecified atom stereocenters. The van der Waals surface area contributed by atoms with Crippen molar-refractivity contribution < 1.29 is 14.6 Å². The molecule has 1 amide bonds. The Balaban J connectivity index is 3.06. The molecule has 1 aromatic carbocycles. The molecule has 1 aromatic rings. The minimum atomic E-state index is -0.0321. The first kappa shape index (κ1) is 17.3. The predicted molar refractivity (Wildman–Crippen MR) is 84.9 cm³/mol. The fourth-order valence-electron chi connectivity index (χ4n) is 2.51. The lowest BCUT2D eigenvalue weighted by molar-refractivity contribution is 0.0640. The van der Waals surface area contributed by atoms with Crippen molar-refractivity contribution in [3.63, 3.8) is 0 Å². The average molecular weight is 293 g/mol. The molecular formula is C17H27NO3. The monoisotopic (exact) mass is 293 g/mol. The number of methoxy groups -OCH3 is 1. The second kappa shape index (κ2) is 7.91. The Bertz CT molecular complexity index is 467. The highest BCUT2D eigenvalue weighted by Gasteiger charge is 2.23. The molecule has 0 bridgehead atoms. The Labute approximate surface area is 127 Å². The van der Waals surface area contributed by atoms with E-state index in [1.807, 2.05) is 4.90 Å². The van der Waals surface area contributed by atoms with Gasteiger partial charge >= 0.3 is 0 Å². The van der Waals surface area contributed by atoms with E-state index in [4.69, 9.17) is 4.74 Å². The van der Waals surface area contributed by atoms with Gasteiger partial charge in [-0.25, -0.2) is 0 Å². The quantitative estimate of drug-likeness (QED) is 0.834. The van der Waals surface area contributed by atoms with Crippen molar-refractivity contribution in [2.75, 3.05) is 13.7 Å². The van der Waals surface area contributed by atoms with Crippen molar-refractivity contribution in [1.29, 1.82) is 0 Å². The highest BCUT2D eigenvalue weighted by Crippen LogP contribution is 2.27. The smallest absolute Gasteiger partial charge is 0.254 e. The van der Waals surface area contributed by atoms with Crippen LogP contribution >= 0.6 is 0 Å². The van der Waals surface area contributed by atoms with E-state index in [0.29, 0.717) is 17.2 Å². The first-order chi connectivity index (χ1) is 9.94. The van der Waals surface area contributed by atoms with Gasteiger partial charge in [0.25, 0.3) is 5.91 Å². The lowest BCUT2D eigenvalue weighted by Gasteiger charge is -2.32. The van der Waals surface area contributed by atoms with E-state index in [1.165, 1.54) is 13.2 Å². The fraction of sp³-hybridized carbons (Fsp3) is 0.588. The first-order valence-corrected chi connectivity index (χ1v) is 7.62. The van der Waals surface area contributed by atoms with Crippen LogP contribution in [-0.2, 0) is 0 Å². The highest BCUT2D eigenvalue weighted by atomic mass is 16.5. The molecule has 1 rings (SSSR count). The standard InChI is InChI=1S/C17H27NO3/c1-6-14(7-2)18(11-12(3)4)17(20)13-8-9-16(21-5)15(19)10-13/h8-10,12,14,19H,6-7,11H2,1-5H3. The molecule has 0 aliphatic rings. The van der Waals surface area contributed by atoms with E-state index in [1.54, 1.807) is 12.1 Å². The van der Waals surface area contributed by atoms with E-state index in [9.17, 15) is 9.90 Å². The summed E-state index contributed by atoms with van der Waals surface area (Å²) in [5.74, 6) is 0.749. The molecule has 4 nitrogen and oxygen atoms in total. The van der Waals surface area contributed by atoms with Crippen LogP contribution in [0.5, 0.6) is 11.5 Å². The molecule has 0 spiro atoms.